The maximum Gasteiger partial charge on any atom is 0.261 e. The lowest BCUT2D eigenvalue weighted by molar-refractivity contribution is 0.0963. The van der Waals surface area contributed by atoms with Gasteiger partial charge in [0.15, 0.2) is 0 Å². The van der Waals surface area contributed by atoms with Crippen LogP contribution in [0.15, 0.2) is 47.5 Å². The van der Waals surface area contributed by atoms with Gasteiger partial charge in [0, 0.05) is 49.7 Å². The van der Waals surface area contributed by atoms with Crippen molar-refractivity contribution in [3.05, 3.63) is 64.3 Å². The molecule has 1 saturated heterocycles. The Bertz CT molecular complexity index is 1220. The highest BCUT2D eigenvalue weighted by Crippen LogP contribution is 2.33. The molecule has 1 fully saturated rings. The molecule has 0 unspecified atom stereocenters. The molecule has 2 N–H and O–H groups in total. The number of carbonyl (C=O) groups excluding carboxylic acids is 1. The lowest BCUT2D eigenvalue weighted by Gasteiger charge is -2.37. The van der Waals surface area contributed by atoms with Crippen LogP contribution in [0, 0.1) is 5.92 Å². The van der Waals surface area contributed by atoms with E-state index in [1.165, 1.54) is 0 Å². The quantitative estimate of drug-likeness (QED) is 0.585. The van der Waals surface area contributed by atoms with Gasteiger partial charge in [-0.1, -0.05) is 0 Å². The molecule has 4 heterocycles. The van der Waals surface area contributed by atoms with Crippen LogP contribution >= 0.6 is 24.8 Å². The first-order chi connectivity index (χ1) is 15.1. The van der Waals surface area contributed by atoms with Gasteiger partial charge in [-0.25, -0.2) is 4.98 Å². The normalized spacial score (nSPS) is 18.4. The van der Waals surface area contributed by atoms with E-state index in [4.69, 9.17) is 4.74 Å². The van der Waals surface area contributed by atoms with Crippen molar-refractivity contribution in [2.24, 2.45) is 5.92 Å². The summed E-state index contributed by atoms with van der Waals surface area (Å²) < 4.78 is 9.26. The SMILES string of the molecule is CNC(=O)c1ccc(OC)c(-n2ccnc2-c2ccc3n(c2=O)C[C@@H]2CNC[C@H]3C2)c1.Cl.Cl. The molecule has 1 amide bonds. The zero-order valence-corrected chi connectivity index (χ0v) is 20.0. The molecule has 0 spiro atoms. The minimum atomic E-state index is -0.195. The standard InChI is InChI=1S/C23H25N5O3.2ClH/c1-24-22(29)15-3-6-20(31-2)19(10-15)27-8-7-26-21(27)17-4-5-18-16-9-14(11-25-12-16)13-28(18)23(17)30;;/h3-8,10,14,16,25H,9,11-13H2,1-2H3,(H,24,29);2*1H/t14-,16+;;/m0../s1. The zero-order valence-electron chi connectivity index (χ0n) is 18.4. The van der Waals surface area contributed by atoms with Gasteiger partial charge in [0.05, 0.1) is 18.4 Å². The fourth-order valence-electron chi connectivity index (χ4n) is 4.82. The monoisotopic (exact) mass is 491 g/mol. The second kappa shape index (κ2) is 9.99. The van der Waals surface area contributed by atoms with Crippen molar-refractivity contribution in [1.29, 1.82) is 0 Å². The molecule has 2 aliphatic rings. The largest absolute Gasteiger partial charge is 0.495 e. The summed E-state index contributed by atoms with van der Waals surface area (Å²) in [6.07, 6.45) is 4.57. The van der Waals surface area contributed by atoms with Crippen LogP contribution in [0.5, 0.6) is 5.75 Å². The van der Waals surface area contributed by atoms with Gasteiger partial charge in [0.2, 0.25) is 0 Å². The predicted octanol–water partition coefficient (Wildman–Crippen LogP) is 2.62. The number of piperidine rings is 1. The maximum atomic E-state index is 13.5. The molecule has 33 heavy (non-hydrogen) atoms. The highest BCUT2D eigenvalue weighted by molar-refractivity contribution is 5.95. The molecule has 2 atom stereocenters. The first kappa shape index (κ1) is 24.8. The third kappa shape index (κ3) is 4.26. The molecule has 0 aliphatic carbocycles. The first-order valence-corrected chi connectivity index (χ1v) is 10.5. The highest BCUT2D eigenvalue weighted by atomic mass is 35.5. The third-order valence-electron chi connectivity index (χ3n) is 6.32. The van der Waals surface area contributed by atoms with Gasteiger partial charge in [0.25, 0.3) is 11.5 Å². The number of ether oxygens (including phenoxy) is 1. The zero-order chi connectivity index (χ0) is 21.5. The van der Waals surface area contributed by atoms with Crippen LogP contribution in [0.1, 0.15) is 28.4 Å². The van der Waals surface area contributed by atoms with Crippen molar-refractivity contribution in [2.75, 3.05) is 27.2 Å². The van der Waals surface area contributed by atoms with E-state index in [1.807, 2.05) is 10.6 Å². The topological polar surface area (TPSA) is 90.2 Å². The molecule has 3 aromatic rings. The summed E-state index contributed by atoms with van der Waals surface area (Å²) in [6, 6.07) is 9.13. The number of fused-ring (bicyclic) bond motifs is 4. The van der Waals surface area contributed by atoms with E-state index >= 15 is 0 Å². The number of carbonyl (C=O) groups is 1. The Labute approximate surface area is 204 Å². The van der Waals surface area contributed by atoms with Gasteiger partial charge in [-0.3, -0.25) is 14.2 Å². The lowest BCUT2D eigenvalue weighted by Crippen LogP contribution is -2.45. The van der Waals surface area contributed by atoms with Gasteiger partial charge in [-0.15, -0.1) is 24.8 Å². The average molecular weight is 492 g/mol. The number of hydrogen-bond donors (Lipinski definition) is 2. The number of nitrogens with zero attached hydrogens (tertiary/aromatic N) is 3. The van der Waals surface area contributed by atoms with E-state index in [1.54, 1.807) is 49.3 Å². The summed E-state index contributed by atoms with van der Waals surface area (Å²) in [5.74, 6) is 1.77. The van der Waals surface area contributed by atoms with E-state index < -0.39 is 0 Å². The van der Waals surface area contributed by atoms with Gasteiger partial charge in [-0.2, -0.15) is 0 Å². The molecule has 10 heteroatoms. The van der Waals surface area contributed by atoms with Crippen LogP contribution in [0.25, 0.3) is 17.1 Å². The van der Waals surface area contributed by atoms with Crippen molar-refractivity contribution in [3.63, 3.8) is 0 Å². The number of amides is 1. The summed E-state index contributed by atoms with van der Waals surface area (Å²) in [5.41, 5.74) is 2.76. The van der Waals surface area contributed by atoms with Crippen LogP contribution < -0.4 is 20.9 Å². The predicted molar refractivity (Wildman–Crippen MR) is 131 cm³/mol. The smallest absolute Gasteiger partial charge is 0.261 e. The fourth-order valence-corrected chi connectivity index (χ4v) is 4.82. The van der Waals surface area contributed by atoms with Crippen LogP contribution in [-0.2, 0) is 6.54 Å². The maximum absolute atomic E-state index is 13.5. The van der Waals surface area contributed by atoms with Crippen molar-refractivity contribution in [3.8, 4) is 22.8 Å². The fraction of sp³-hybridized carbons (Fsp3) is 0.348. The Balaban J connectivity index is 0.00000153. The molecule has 0 radical (unpaired) electrons. The molecular weight excluding hydrogens is 465 g/mol. The number of aromatic nitrogens is 3. The number of methoxy groups -OCH3 is 1. The number of rotatable bonds is 4. The number of halogens is 2. The summed E-state index contributed by atoms with van der Waals surface area (Å²) in [7, 11) is 3.17. The molecule has 176 valence electrons. The Hall–Kier alpha value is -2.81. The van der Waals surface area contributed by atoms with Crippen molar-refractivity contribution in [2.45, 2.75) is 18.9 Å². The number of hydrogen-bond acceptors (Lipinski definition) is 5. The minimum absolute atomic E-state index is 0. The van der Waals surface area contributed by atoms with Crippen LogP contribution in [0.2, 0.25) is 0 Å². The van der Waals surface area contributed by atoms with E-state index in [-0.39, 0.29) is 36.3 Å². The van der Waals surface area contributed by atoms with Gasteiger partial charge < -0.3 is 19.9 Å². The van der Waals surface area contributed by atoms with Gasteiger partial charge in [0.1, 0.15) is 11.6 Å². The van der Waals surface area contributed by atoms with E-state index in [0.717, 1.165) is 31.7 Å². The Morgan fingerprint density at radius 3 is 2.79 bits per heavy atom. The molecule has 2 aromatic heterocycles. The first-order valence-electron chi connectivity index (χ1n) is 10.5. The molecule has 2 aliphatic heterocycles. The lowest BCUT2D eigenvalue weighted by atomic mass is 9.84. The van der Waals surface area contributed by atoms with Crippen molar-refractivity contribution in [1.82, 2.24) is 24.8 Å². The molecule has 2 bridgehead atoms. The minimum Gasteiger partial charge on any atom is -0.495 e. The van der Waals surface area contributed by atoms with Crippen molar-refractivity contribution >= 4 is 30.7 Å². The third-order valence-corrected chi connectivity index (χ3v) is 6.32. The summed E-state index contributed by atoms with van der Waals surface area (Å²) in [4.78, 5) is 30.2. The average Bonchev–Trinajstić information content (AvgIpc) is 3.28. The summed E-state index contributed by atoms with van der Waals surface area (Å²) in [5, 5.41) is 6.11. The number of benzene rings is 1. The molecular formula is C23H27Cl2N5O3. The second-order valence-electron chi connectivity index (χ2n) is 8.13. The summed E-state index contributed by atoms with van der Waals surface area (Å²) >= 11 is 0. The van der Waals surface area contributed by atoms with Gasteiger partial charge >= 0.3 is 0 Å². The van der Waals surface area contributed by atoms with E-state index in [0.29, 0.717) is 40.2 Å². The Kier molecular flexibility index (Phi) is 7.51. The Morgan fingerprint density at radius 1 is 1.21 bits per heavy atom. The molecule has 1 aromatic carbocycles. The number of nitrogens with one attached hydrogen (secondary N) is 2. The highest BCUT2D eigenvalue weighted by Gasteiger charge is 2.31. The van der Waals surface area contributed by atoms with Crippen LogP contribution in [0.3, 0.4) is 0 Å². The molecule has 8 nitrogen and oxygen atoms in total. The number of imidazole rings is 1. The van der Waals surface area contributed by atoms with Crippen LogP contribution in [0.4, 0.5) is 0 Å². The Morgan fingerprint density at radius 2 is 2.03 bits per heavy atom. The van der Waals surface area contributed by atoms with Crippen molar-refractivity contribution < 1.29 is 9.53 Å². The summed E-state index contributed by atoms with van der Waals surface area (Å²) in [6.45, 7) is 2.58. The van der Waals surface area contributed by atoms with E-state index in [2.05, 4.69) is 21.7 Å². The molecule has 5 rings (SSSR count). The van der Waals surface area contributed by atoms with E-state index in [9.17, 15) is 9.59 Å². The molecule has 0 saturated carbocycles. The van der Waals surface area contributed by atoms with Gasteiger partial charge in [-0.05, 0) is 49.2 Å². The number of pyridine rings is 1. The van der Waals surface area contributed by atoms with Crippen LogP contribution in [-0.4, -0.2) is 47.3 Å². The second-order valence-corrected chi connectivity index (χ2v) is 8.13.